The van der Waals surface area contributed by atoms with Gasteiger partial charge in [0.15, 0.2) is 0 Å². The molecule has 0 unspecified atom stereocenters. The topological polar surface area (TPSA) is 28.2 Å². The van der Waals surface area contributed by atoms with Crippen LogP contribution in [0.2, 0.25) is 10.0 Å². The Morgan fingerprint density at radius 2 is 2.16 bits per heavy atom. The van der Waals surface area contributed by atoms with Crippen molar-refractivity contribution in [3.63, 3.8) is 0 Å². The summed E-state index contributed by atoms with van der Waals surface area (Å²) in [5, 5.41) is 8.41. The van der Waals surface area contributed by atoms with E-state index in [-0.39, 0.29) is 0 Å². The third kappa shape index (κ3) is 3.53. The van der Waals surface area contributed by atoms with E-state index in [0.717, 1.165) is 18.9 Å². The predicted molar refractivity (Wildman–Crippen MR) is 84.8 cm³/mol. The minimum absolute atomic E-state index is 0.541. The van der Waals surface area contributed by atoms with E-state index in [1.807, 2.05) is 18.9 Å². The molecule has 0 aliphatic rings. The second-order valence-corrected chi connectivity index (χ2v) is 5.74. The molecule has 0 spiro atoms. The number of rotatable bonds is 5. The number of hydrogen-bond donors (Lipinski definition) is 1. The molecule has 0 radical (unpaired) electrons. The maximum absolute atomic E-state index is 6.22. The third-order valence-corrected chi connectivity index (χ3v) is 3.91. The van der Waals surface area contributed by atoms with Crippen LogP contribution in [0.15, 0.2) is 22.9 Å². The number of hydrogen-bond acceptors (Lipinski definition) is 4. The van der Waals surface area contributed by atoms with E-state index in [1.54, 1.807) is 17.4 Å². The van der Waals surface area contributed by atoms with Crippen LogP contribution in [-0.4, -0.2) is 18.6 Å². The molecule has 1 N–H and O–H groups in total. The smallest absolute Gasteiger partial charge is 0.149 e. The molecule has 0 saturated heterocycles. The van der Waals surface area contributed by atoms with Crippen LogP contribution in [0, 0.1) is 0 Å². The van der Waals surface area contributed by atoms with Gasteiger partial charge >= 0.3 is 0 Å². The van der Waals surface area contributed by atoms with Crippen LogP contribution in [0.25, 0.3) is 0 Å². The van der Waals surface area contributed by atoms with E-state index in [0.29, 0.717) is 15.9 Å². The quantitative estimate of drug-likeness (QED) is 0.879. The SMILES string of the molecule is CCNc1nc(N(C)Cc2ccsc2)c(Cl)cc1Cl. The van der Waals surface area contributed by atoms with Crippen molar-refractivity contribution in [2.45, 2.75) is 13.5 Å². The average Bonchev–Trinajstić information content (AvgIpc) is 2.85. The van der Waals surface area contributed by atoms with Crippen LogP contribution in [0.1, 0.15) is 12.5 Å². The fraction of sp³-hybridized carbons (Fsp3) is 0.308. The molecule has 0 amide bonds. The number of nitrogens with zero attached hydrogens (tertiary/aromatic N) is 2. The highest BCUT2D eigenvalue weighted by Crippen LogP contribution is 2.31. The molecule has 3 nitrogen and oxygen atoms in total. The fourth-order valence-electron chi connectivity index (χ4n) is 1.75. The van der Waals surface area contributed by atoms with E-state index >= 15 is 0 Å². The van der Waals surface area contributed by atoms with Crippen molar-refractivity contribution in [2.75, 3.05) is 23.8 Å². The lowest BCUT2D eigenvalue weighted by atomic mass is 10.3. The molecule has 19 heavy (non-hydrogen) atoms. The largest absolute Gasteiger partial charge is 0.369 e. The molecule has 2 heterocycles. The first-order chi connectivity index (χ1) is 9.11. The first-order valence-corrected chi connectivity index (χ1v) is 7.63. The summed E-state index contributed by atoms with van der Waals surface area (Å²) in [6.07, 6.45) is 0. The summed E-state index contributed by atoms with van der Waals surface area (Å²) in [5.74, 6) is 1.40. The maximum atomic E-state index is 6.22. The van der Waals surface area contributed by atoms with Gasteiger partial charge in [-0.2, -0.15) is 11.3 Å². The molecule has 0 saturated carbocycles. The summed E-state index contributed by atoms with van der Waals surface area (Å²) in [5.41, 5.74) is 1.24. The zero-order chi connectivity index (χ0) is 13.8. The van der Waals surface area contributed by atoms with Crippen LogP contribution in [0.3, 0.4) is 0 Å². The Bertz CT molecular complexity index is 543. The Kier molecular flexibility index (Phi) is 4.91. The van der Waals surface area contributed by atoms with E-state index in [1.165, 1.54) is 5.56 Å². The van der Waals surface area contributed by atoms with Crippen LogP contribution in [-0.2, 0) is 6.54 Å². The van der Waals surface area contributed by atoms with Crippen LogP contribution < -0.4 is 10.2 Å². The number of anilines is 2. The van der Waals surface area contributed by atoms with E-state index in [9.17, 15) is 0 Å². The van der Waals surface area contributed by atoms with Gasteiger partial charge in [-0.25, -0.2) is 4.98 Å². The van der Waals surface area contributed by atoms with Crippen molar-refractivity contribution in [3.8, 4) is 0 Å². The molecule has 2 aromatic rings. The summed E-state index contributed by atoms with van der Waals surface area (Å²) < 4.78 is 0. The molecule has 0 aliphatic heterocycles. The van der Waals surface area contributed by atoms with Gasteiger partial charge in [0.25, 0.3) is 0 Å². The van der Waals surface area contributed by atoms with Crippen molar-refractivity contribution in [1.82, 2.24) is 4.98 Å². The van der Waals surface area contributed by atoms with E-state index in [4.69, 9.17) is 23.2 Å². The second kappa shape index (κ2) is 6.46. The summed E-state index contributed by atoms with van der Waals surface area (Å²) in [6, 6.07) is 3.82. The van der Waals surface area contributed by atoms with Crippen molar-refractivity contribution in [3.05, 3.63) is 38.5 Å². The van der Waals surface area contributed by atoms with Crippen molar-refractivity contribution in [2.24, 2.45) is 0 Å². The van der Waals surface area contributed by atoms with Crippen molar-refractivity contribution in [1.29, 1.82) is 0 Å². The number of thiophene rings is 1. The molecule has 0 fully saturated rings. The van der Waals surface area contributed by atoms with Crippen molar-refractivity contribution >= 4 is 46.2 Å². The van der Waals surface area contributed by atoms with Gasteiger partial charge < -0.3 is 10.2 Å². The van der Waals surface area contributed by atoms with E-state index < -0.39 is 0 Å². The van der Waals surface area contributed by atoms with Gasteiger partial charge in [0.2, 0.25) is 0 Å². The zero-order valence-corrected chi connectivity index (χ0v) is 13.1. The monoisotopic (exact) mass is 315 g/mol. The molecular weight excluding hydrogens is 301 g/mol. The first kappa shape index (κ1) is 14.4. The molecule has 102 valence electrons. The molecule has 2 rings (SSSR count). The molecule has 6 heteroatoms. The molecule has 0 aliphatic carbocycles. The Morgan fingerprint density at radius 3 is 2.79 bits per heavy atom. The van der Waals surface area contributed by atoms with Crippen LogP contribution >= 0.6 is 34.5 Å². The Hall–Kier alpha value is -0.970. The lowest BCUT2D eigenvalue weighted by Gasteiger charge is -2.20. The highest BCUT2D eigenvalue weighted by atomic mass is 35.5. The fourth-order valence-corrected chi connectivity index (χ4v) is 2.98. The first-order valence-electron chi connectivity index (χ1n) is 5.94. The number of nitrogens with one attached hydrogen (secondary N) is 1. The zero-order valence-electron chi connectivity index (χ0n) is 10.8. The maximum Gasteiger partial charge on any atom is 0.149 e. The average molecular weight is 316 g/mol. The number of pyridine rings is 1. The van der Waals surface area contributed by atoms with Gasteiger partial charge in [0.1, 0.15) is 11.6 Å². The molecule has 2 aromatic heterocycles. The Labute approximate surface area is 127 Å². The van der Waals surface area contributed by atoms with Gasteiger partial charge in [-0.3, -0.25) is 0 Å². The predicted octanol–water partition coefficient (Wildman–Crippen LogP) is 4.52. The summed E-state index contributed by atoms with van der Waals surface area (Å²) in [6.45, 7) is 3.53. The standard InChI is InChI=1S/C13H15Cl2N3S/c1-3-16-12-10(14)6-11(15)13(17-12)18(2)7-9-4-5-19-8-9/h4-6,8H,3,7H2,1-2H3,(H,16,17). The van der Waals surface area contributed by atoms with Crippen LogP contribution in [0.4, 0.5) is 11.6 Å². The summed E-state index contributed by atoms with van der Waals surface area (Å²) in [4.78, 5) is 6.51. The molecule has 0 aromatic carbocycles. The van der Waals surface area contributed by atoms with Crippen molar-refractivity contribution < 1.29 is 0 Å². The van der Waals surface area contributed by atoms with E-state index in [2.05, 4.69) is 27.1 Å². The highest BCUT2D eigenvalue weighted by Gasteiger charge is 2.13. The van der Waals surface area contributed by atoms with Gasteiger partial charge in [0, 0.05) is 20.1 Å². The minimum Gasteiger partial charge on any atom is -0.369 e. The normalized spacial score (nSPS) is 10.5. The van der Waals surface area contributed by atoms with Gasteiger partial charge in [-0.15, -0.1) is 0 Å². The second-order valence-electron chi connectivity index (χ2n) is 4.14. The number of halogens is 2. The molecular formula is C13H15Cl2N3S. The Balaban J connectivity index is 2.25. The lowest BCUT2D eigenvalue weighted by Crippen LogP contribution is -2.18. The third-order valence-electron chi connectivity index (χ3n) is 2.62. The van der Waals surface area contributed by atoms with Gasteiger partial charge in [-0.1, -0.05) is 23.2 Å². The highest BCUT2D eigenvalue weighted by molar-refractivity contribution is 7.07. The minimum atomic E-state index is 0.541. The number of aromatic nitrogens is 1. The van der Waals surface area contributed by atoms with Gasteiger partial charge in [-0.05, 0) is 35.4 Å². The van der Waals surface area contributed by atoms with Gasteiger partial charge in [0.05, 0.1) is 10.0 Å². The molecule has 0 atom stereocenters. The Morgan fingerprint density at radius 1 is 1.37 bits per heavy atom. The summed E-state index contributed by atoms with van der Waals surface area (Å²) in [7, 11) is 1.97. The van der Waals surface area contributed by atoms with Crippen LogP contribution in [0.5, 0.6) is 0 Å². The lowest BCUT2D eigenvalue weighted by molar-refractivity contribution is 0.901. The molecule has 0 bridgehead atoms. The summed E-state index contributed by atoms with van der Waals surface area (Å²) >= 11 is 14.0.